The predicted molar refractivity (Wildman–Crippen MR) is 60.3 cm³/mol. The lowest BCUT2D eigenvalue weighted by Gasteiger charge is -2.19. The van der Waals surface area contributed by atoms with E-state index in [0.717, 1.165) is 21.2 Å². The van der Waals surface area contributed by atoms with Crippen LogP contribution >= 0.6 is 11.8 Å². The van der Waals surface area contributed by atoms with Gasteiger partial charge in [0.1, 0.15) is 0 Å². The molecule has 0 saturated heterocycles. The van der Waals surface area contributed by atoms with E-state index in [9.17, 15) is 0 Å². The Morgan fingerprint density at radius 1 is 0.929 bits per heavy atom. The highest BCUT2D eigenvalue weighted by molar-refractivity contribution is 7.99. The monoisotopic (exact) mass is 201 g/mol. The molecule has 0 spiro atoms. The van der Waals surface area contributed by atoms with Crippen LogP contribution in [0.15, 0.2) is 58.3 Å². The average Bonchev–Trinajstić information content (AvgIpc) is 2.28. The van der Waals surface area contributed by atoms with Crippen molar-refractivity contribution in [2.45, 2.75) is 9.79 Å². The van der Waals surface area contributed by atoms with Crippen LogP contribution in [0.3, 0.4) is 0 Å². The van der Waals surface area contributed by atoms with Gasteiger partial charge in [0.2, 0.25) is 0 Å². The van der Waals surface area contributed by atoms with E-state index in [1.165, 1.54) is 0 Å². The molecule has 1 aliphatic heterocycles. The Morgan fingerprint density at radius 2 is 1.50 bits per heavy atom. The summed E-state index contributed by atoms with van der Waals surface area (Å²) < 4.78 is 15.6. The summed E-state index contributed by atoms with van der Waals surface area (Å²) in [6, 6.07) is 12.2. The summed E-state index contributed by atoms with van der Waals surface area (Å²) in [4.78, 5) is 2.09. The number of para-hydroxylation sites is 2. The fourth-order valence-electron chi connectivity index (χ4n) is 1.45. The largest absolute Gasteiger partial charge is 0.354 e. The Hall–Kier alpha value is -1.41. The van der Waals surface area contributed by atoms with E-state index in [1.807, 2.05) is 24.3 Å². The first-order valence-electron chi connectivity index (χ1n) is 5.40. The average molecular weight is 201 g/mol. The van der Waals surface area contributed by atoms with Gasteiger partial charge in [0, 0.05) is 9.79 Å². The SMILES string of the molecule is [2H]c1cccc2c1Nc1c([2H])cccc1S2. The molecule has 0 aliphatic carbocycles. The molecule has 0 radical (unpaired) electrons. The zero-order chi connectivity index (χ0) is 11.1. The van der Waals surface area contributed by atoms with Crippen molar-refractivity contribution in [3.05, 3.63) is 48.5 Å². The van der Waals surface area contributed by atoms with Crippen LogP contribution in [0.25, 0.3) is 0 Å². The van der Waals surface area contributed by atoms with Crippen molar-refractivity contribution >= 4 is 23.1 Å². The van der Waals surface area contributed by atoms with Crippen LogP contribution in [-0.2, 0) is 0 Å². The highest BCUT2D eigenvalue weighted by Gasteiger charge is 2.13. The van der Waals surface area contributed by atoms with Crippen LogP contribution in [-0.4, -0.2) is 0 Å². The molecular weight excluding hydrogens is 190 g/mol. The Morgan fingerprint density at radius 3 is 2.07 bits per heavy atom. The first kappa shape index (κ1) is 6.14. The van der Waals surface area contributed by atoms with Gasteiger partial charge >= 0.3 is 0 Å². The van der Waals surface area contributed by atoms with E-state index in [4.69, 9.17) is 2.74 Å². The van der Waals surface area contributed by atoms with Gasteiger partial charge in [-0.05, 0) is 24.2 Å². The number of fused-ring (bicyclic) bond motifs is 2. The summed E-state index contributed by atoms with van der Waals surface area (Å²) in [5.41, 5.74) is 1.61. The molecule has 1 heterocycles. The van der Waals surface area contributed by atoms with E-state index in [-0.39, 0.29) is 0 Å². The maximum atomic E-state index is 7.82. The lowest BCUT2D eigenvalue weighted by Crippen LogP contribution is -1.98. The topological polar surface area (TPSA) is 12.0 Å². The molecule has 1 aliphatic rings. The van der Waals surface area contributed by atoms with Crippen molar-refractivity contribution in [2.24, 2.45) is 0 Å². The number of rotatable bonds is 0. The molecule has 0 amide bonds. The zero-order valence-corrected chi connectivity index (χ0v) is 8.19. The molecule has 2 heteroatoms. The maximum Gasteiger partial charge on any atom is 0.0645 e. The lowest BCUT2D eigenvalue weighted by molar-refractivity contribution is 1.32. The number of hydrogen-bond acceptors (Lipinski definition) is 2. The smallest absolute Gasteiger partial charge is 0.0645 e. The summed E-state index contributed by atoms with van der Waals surface area (Å²) >= 11 is 1.61. The fourth-order valence-corrected chi connectivity index (χ4v) is 2.41. The number of benzene rings is 2. The molecular formula is C12H9NS. The minimum atomic E-state index is 0.471. The minimum absolute atomic E-state index is 0.471. The van der Waals surface area contributed by atoms with Gasteiger partial charge in [-0.3, -0.25) is 0 Å². The van der Waals surface area contributed by atoms with Crippen LogP contribution in [0.5, 0.6) is 0 Å². The second-order valence-electron chi connectivity index (χ2n) is 3.05. The summed E-state index contributed by atoms with van der Waals surface area (Å²) in [5.74, 6) is 0. The van der Waals surface area contributed by atoms with Gasteiger partial charge in [-0.2, -0.15) is 0 Å². The lowest BCUT2D eigenvalue weighted by atomic mass is 10.2. The number of hydrogen-bond donors (Lipinski definition) is 1. The van der Waals surface area contributed by atoms with Gasteiger partial charge in [-0.25, -0.2) is 0 Å². The van der Waals surface area contributed by atoms with Crippen molar-refractivity contribution in [3.63, 3.8) is 0 Å². The molecule has 1 N–H and O–H groups in total. The van der Waals surface area contributed by atoms with Gasteiger partial charge in [-0.1, -0.05) is 36.0 Å². The summed E-state index contributed by atoms with van der Waals surface area (Å²) in [6.45, 7) is 0. The van der Waals surface area contributed by atoms with Gasteiger partial charge in [-0.15, -0.1) is 0 Å². The van der Waals surface area contributed by atoms with Crippen molar-refractivity contribution in [1.82, 2.24) is 0 Å². The first-order chi connectivity index (χ1) is 7.75. The highest BCUT2D eigenvalue weighted by atomic mass is 32.2. The Kier molecular flexibility index (Phi) is 1.35. The summed E-state index contributed by atoms with van der Waals surface area (Å²) in [7, 11) is 0. The highest BCUT2D eigenvalue weighted by Crippen LogP contribution is 2.43. The summed E-state index contributed by atoms with van der Waals surface area (Å²) in [5, 5.41) is 3.18. The second-order valence-corrected chi connectivity index (χ2v) is 4.13. The van der Waals surface area contributed by atoms with Crippen molar-refractivity contribution in [3.8, 4) is 0 Å². The third kappa shape index (κ3) is 1.19. The Bertz CT molecular complexity index is 519. The van der Waals surface area contributed by atoms with Crippen LogP contribution in [0, 0.1) is 0 Å². The van der Waals surface area contributed by atoms with E-state index in [0.29, 0.717) is 12.1 Å². The summed E-state index contributed by atoms with van der Waals surface area (Å²) in [6.07, 6.45) is 0. The second kappa shape index (κ2) is 3.07. The molecule has 14 heavy (non-hydrogen) atoms. The molecule has 3 rings (SSSR count). The third-order valence-corrected chi connectivity index (χ3v) is 3.23. The molecule has 0 saturated carbocycles. The molecule has 0 atom stereocenters. The first-order valence-corrected chi connectivity index (χ1v) is 5.21. The molecule has 2 aromatic carbocycles. The van der Waals surface area contributed by atoms with Crippen molar-refractivity contribution < 1.29 is 2.74 Å². The Labute approximate surface area is 90.0 Å². The molecule has 0 bridgehead atoms. The third-order valence-electron chi connectivity index (χ3n) is 2.11. The van der Waals surface area contributed by atoms with Gasteiger partial charge in [0.25, 0.3) is 0 Å². The van der Waals surface area contributed by atoms with Crippen molar-refractivity contribution in [2.75, 3.05) is 5.32 Å². The molecule has 0 aromatic heterocycles. The van der Waals surface area contributed by atoms with E-state index >= 15 is 0 Å². The fraction of sp³-hybridized carbons (Fsp3) is 0. The standard InChI is InChI=1S/C12H9NS/c1-3-7-11-9(5-1)13-10-6-2-4-8-12(10)14-11/h1-8,13H/i5D,6D. The van der Waals surface area contributed by atoms with Crippen molar-refractivity contribution in [1.29, 1.82) is 0 Å². The van der Waals surface area contributed by atoms with Gasteiger partial charge in [0.15, 0.2) is 0 Å². The Balaban J connectivity index is 2.17. The van der Waals surface area contributed by atoms with Crippen LogP contribution < -0.4 is 5.32 Å². The predicted octanol–water partition coefficient (Wildman–Crippen LogP) is 3.89. The van der Waals surface area contributed by atoms with E-state index in [2.05, 4.69) is 5.32 Å². The van der Waals surface area contributed by atoms with E-state index < -0.39 is 0 Å². The molecule has 2 aromatic rings. The number of anilines is 2. The van der Waals surface area contributed by atoms with E-state index in [1.54, 1.807) is 23.9 Å². The van der Waals surface area contributed by atoms with Crippen LogP contribution in [0.4, 0.5) is 11.4 Å². The molecule has 68 valence electrons. The minimum Gasteiger partial charge on any atom is -0.354 e. The quantitative estimate of drug-likeness (QED) is 0.592. The normalized spacial score (nSPS) is 14.6. The molecule has 1 nitrogen and oxygen atoms in total. The van der Waals surface area contributed by atoms with Gasteiger partial charge in [0.05, 0.1) is 14.1 Å². The molecule has 0 unspecified atom stereocenters. The number of nitrogens with one attached hydrogen (secondary N) is 1. The zero-order valence-electron chi connectivity index (χ0n) is 9.37. The maximum absolute atomic E-state index is 7.82. The van der Waals surface area contributed by atoms with Crippen LogP contribution in [0.1, 0.15) is 2.74 Å². The van der Waals surface area contributed by atoms with Crippen LogP contribution in [0.2, 0.25) is 0 Å². The van der Waals surface area contributed by atoms with Gasteiger partial charge < -0.3 is 5.32 Å². The molecule has 0 fully saturated rings.